The van der Waals surface area contributed by atoms with E-state index in [1.165, 1.54) is 0 Å². The maximum Gasteiger partial charge on any atom is 0.408 e. The molecule has 0 aromatic heterocycles. The molecule has 1 amide bonds. The van der Waals surface area contributed by atoms with Crippen LogP contribution in [0.2, 0.25) is 0 Å². The topological polar surface area (TPSA) is 64.6 Å². The van der Waals surface area contributed by atoms with Crippen LogP contribution in [0.25, 0.3) is 0 Å². The molecule has 138 valence electrons. The first-order valence-electron chi connectivity index (χ1n) is 8.55. The summed E-state index contributed by atoms with van der Waals surface area (Å²) in [6, 6.07) is 18.3. The molecule has 2 rings (SSSR count). The van der Waals surface area contributed by atoms with Crippen molar-refractivity contribution < 1.29 is 19.1 Å². The van der Waals surface area contributed by atoms with E-state index in [-0.39, 0.29) is 19.2 Å². The Kier molecular flexibility index (Phi) is 6.78. The highest BCUT2D eigenvalue weighted by Gasteiger charge is 2.25. The Bertz CT molecular complexity index is 708. The van der Waals surface area contributed by atoms with E-state index in [0.29, 0.717) is 0 Å². The minimum Gasteiger partial charge on any atom is -0.463 e. The molecule has 0 spiro atoms. The van der Waals surface area contributed by atoms with Crippen LogP contribution in [0.1, 0.15) is 37.9 Å². The highest BCUT2D eigenvalue weighted by Crippen LogP contribution is 2.19. The first-order valence-corrected chi connectivity index (χ1v) is 8.55. The molecule has 0 bridgehead atoms. The number of nitrogens with one attached hydrogen (secondary N) is 1. The molecule has 5 nitrogen and oxygen atoms in total. The van der Waals surface area contributed by atoms with E-state index in [4.69, 9.17) is 9.47 Å². The van der Waals surface area contributed by atoms with E-state index in [2.05, 4.69) is 5.32 Å². The maximum atomic E-state index is 12.2. The van der Waals surface area contributed by atoms with E-state index in [0.717, 1.165) is 11.1 Å². The zero-order valence-electron chi connectivity index (χ0n) is 15.4. The van der Waals surface area contributed by atoms with Gasteiger partial charge in [-0.05, 0) is 31.9 Å². The fraction of sp³-hybridized carbons (Fsp3) is 0.333. The van der Waals surface area contributed by atoms with Crippen LogP contribution in [-0.2, 0) is 20.9 Å². The summed E-state index contributed by atoms with van der Waals surface area (Å²) in [4.78, 5) is 24.2. The number of carbonyl (C=O) groups is 2. The van der Waals surface area contributed by atoms with E-state index >= 15 is 0 Å². The predicted molar refractivity (Wildman–Crippen MR) is 99.4 cm³/mol. The van der Waals surface area contributed by atoms with Gasteiger partial charge in [-0.1, -0.05) is 60.7 Å². The summed E-state index contributed by atoms with van der Waals surface area (Å²) in [6.07, 6.45) is -0.561. The van der Waals surface area contributed by atoms with Crippen molar-refractivity contribution in [1.82, 2.24) is 5.32 Å². The van der Waals surface area contributed by atoms with E-state index < -0.39 is 17.6 Å². The van der Waals surface area contributed by atoms with Crippen LogP contribution >= 0.6 is 0 Å². The van der Waals surface area contributed by atoms with Gasteiger partial charge >= 0.3 is 12.1 Å². The normalized spacial score (nSPS) is 12.1. The molecule has 0 aliphatic heterocycles. The van der Waals surface area contributed by atoms with Gasteiger partial charge in [-0.3, -0.25) is 4.79 Å². The number of hydrogen-bond donors (Lipinski definition) is 1. The lowest BCUT2D eigenvalue weighted by molar-refractivity contribution is -0.153. The third kappa shape index (κ3) is 6.24. The number of benzene rings is 2. The smallest absolute Gasteiger partial charge is 0.408 e. The van der Waals surface area contributed by atoms with Crippen LogP contribution in [0, 0.1) is 5.41 Å². The fourth-order valence-corrected chi connectivity index (χ4v) is 2.19. The van der Waals surface area contributed by atoms with Gasteiger partial charge in [0.15, 0.2) is 0 Å². The molecule has 0 heterocycles. The molecule has 1 atom stereocenters. The van der Waals surface area contributed by atoms with Gasteiger partial charge in [-0.25, -0.2) is 4.79 Å². The molecule has 2 aromatic carbocycles. The molecule has 26 heavy (non-hydrogen) atoms. The number of alkyl carbamates (subject to hydrolysis) is 1. The predicted octanol–water partition coefficient (Wildman–Crippen LogP) is 4.24. The average molecular weight is 355 g/mol. The Balaban J connectivity index is 1.97. The first-order chi connectivity index (χ1) is 12.4. The second kappa shape index (κ2) is 9.04. The number of amides is 1. The quantitative estimate of drug-likeness (QED) is 0.787. The van der Waals surface area contributed by atoms with Crippen molar-refractivity contribution in [1.29, 1.82) is 0 Å². The van der Waals surface area contributed by atoms with Crippen molar-refractivity contribution in [2.24, 2.45) is 5.41 Å². The summed E-state index contributed by atoms with van der Waals surface area (Å²) in [7, 11) is 0. The molecule has 0 radical (unpaired) electrons. The van der Waals surface area contributed by atoms with Gasteiger partial charge in [0.25, 0.3) is 0 Å². The second-order valence-corrected chi connectivity index (χ2v) is 7.02. The third-order valence-corrected chi connectivity index (χ3v) is 3.70. The van der Waals surface area contributed by atoms with Gasteiger partial charge in [0.2, 0.25) is 0 Å². The van der Waals surface area contributed by atoms with E-state index in [9.17, 15) is 9.59 Å². The van der Waals surface area contributed by atoms with E-state index in [1.54, 1.807) is 20.8 Å². The number of hydrogen-bond acceptors (Lipinski definition) is 4. The minimum absolute atomic E-state index is 0.0422. The Morgan fingerprint density at radius 2 is 1.50 bits per heavy atom. The molecule has 0 saturated heterocycles. The van der Waals surface area contributed by atoms with Gasteiger partial charge in [-0.15, -0.1) is 0 Å². The maximum absolute atomic E-state index is 12.2. The molecule has 0 aliphatic rings. The second-order valence-electron chi connectivity index (χ2n) is 7.02. The van der Waals surface area contributed by atoms with Gasteiger partial charge < -0.3 is 14.8 Å². The lowest BCUT2D eigenvalue weighted by Gasteiger charge is -2.22. The molecule has 1 unspecified atom stereocenters. The standard InChI is InChI=1S/C21H25NO4/c1-21(2,3)19(23)25-15-18(17-12-8-5-9-13-17)22-20(24)26-14-16-10-6-4-7-11-16/h4-13,18H,14-15H2,1-3H3,(H,22,24). The Morgan fingerprint density at radius 1 is 0.923 bits per heavy atom. The summed E-state index contributed by atoms with van der Waals surface area (Å²) in [5, 5.41) is 2.77. The third-order valence-electron chi connectivity index (χ3n) is 3.70. The van der Waals surface area contributed by atoms with E-state index in [1.807, 2.05) is 60.7 Å². The van der Waals surface area contributed by atoms with Crippen molar-refractivity contribution in [2.45, 2.75) is 33.4 Å². The fourth-order valence-electron chi connectivity index (χ4n) is 2.19. The highest BCUT2D eigenvalue weighted by atomic mass is 16.6. The molecule has 1 N–H and O–H groups in total. The summed E-state index contributed by atoms with van der Waals surface area (Å²) in [5.74, 6) is -0.321. The summed E-state index contributed by atoms with van der Waals surface area (Å²) in [5.41, 5.74) is 1.14. The Hall–Kier alpha value is -2.82. The minimum atomic E-state index is -0.602. The molecular weight excluding hydrogens is 330 g/mol. The summed E-state index contributed by atoms with van der Waals surface area (Å²) >= 11 is 0. The Labute approximate surface area is 154 Å². The SMILES string of the molecule is CC(C)(C)C(=O)OCC(NC(=O)OCc1ccccc1)c1ccccc1. The average Bonchev–Trinajstić information content (AvgIpc) is 2.64. The number of esters is 1. The van der Waals surface area contributed by atoms with Gasteiger partial charge in [0.1, 0.15) is 13.2 Å². The molecular formula is C21H25NO4. The number of rotatable bonds is 6. The zero-order chi connectivity index (χ0) is 19.0. The molecule has 0 fully saturated rings. The highest BCUT2D eigenvalue weighted by molar-refractivity contribution is 5.75. The largest absolute Gasteiger partial charge is 0.463 e. The van der Waals surface area contributed by atoms with Crippen LogP contribution in [-0.4, -0.2) is 18.7 Å². The molecule has 2 aromatic rings. The van der Waals surface area contributed by atoms with Crippen LogP contribution < -0.4 is 5.32 Å². The van der Waals surface area contributed by atoms with Gasteiger partial charge in [0.05, 0.1) is 11.5 Å². The van der Waals surface area contributed by atoms with Gasteiger partial charge in [0, 0.05) is 0 Å². The zero-order valence-corrected chi connectivity index (χ0v) is 15.4. The van der Waals surface area contributed by atoms with Crippen LogP contribution in [0.15, 0.2) is 60.7 Å². The molecule has 5 heteroatoms. The summed E-state index contributed by atoms with van der Waals surface area (Å²) < 4.78 is 10.6. The van der Waals surface area contributed by atoms with Crippen molar-refractivity contribution in [3.8, 4) is 0 Å². The van der Waals surface area contributed by atoms with Crippen molar-refractivity contribution in [3.05, 3.63) is 71.8 Å². The van der Waals surface area contributed by atoms with Crippen molar-refractivity contribution >= 4 is 12.1 Å². The monoisotopic (exact) mass is 355 g/mol. The molecule has 0 aliphatic carbocycles. The van der Waals surface area contributed by atoms with Crippen LogP contribution in [0.3, 0.4) is 0 Å². The van der Waals surface area contributed by atoms with Crippen molar-refractivity contribution in [3.63, 3.8) is 0 Å². The number of ether oxygens (including phenoxy) is 2. The van der Waals surface area contributed by atoms with Crippen LogP contribution in [0.4, 0.5) is 4.79 Å². The van der Waals surface area contributed by atoms with Crippen LogP contribution in [0.5, 0.6) is 0 Å². The first kappa shape index (κ1) is 19.5. The summed E-state index contributed by atoms with van der Waals surface area (Å²) in [6.45, 7) is 5.58. The van der Waals surface area contributed by atoms with Gasteiger partial charge in [-0.2, -0.15) is 0 Å². The lowest BCUT2D eigenvalue weighted by atomic mass is 9.97. The van der Waals surface area contributed by atoms with Crippen molar-refractivity contribution in [2.75, 3.05) is 6.61 Å². The molecule has 0 saturated carbocycles. The lowest BCUT2D eigenvalue weighted by Crippen LogP contribution is -2.34. The Morgan fingerprint density at radius 3 is 2.08 bits per heavy atom. The number of carbonyl (C=O) groups excluding carboxylic acids is 2.